The van der Waals surface area contributed by atoms with Crippen molar-refractivity contribution in [1.82, 2.24) is 4.90 Å². The number of aliphatic carboxylic acids is 1. The number of nitrogens with zero attached hydrogens (tertiary/aromatic N) is 1. The van der Waals surface area contributed by atoms with Gasteiger partial charge in [-0.1, -0.05) is 0 Å². The zero-order valence-corrected chi connectivity index (χ0v) is 16.1. The van der Waals surface area contributed by atoms with Crippen LogP contribution in [0.4, 0.5) is 4.79 Å². The van der Waals surface area contributed by atoms with Crippen LogP contribution >= 0.6 is 0 Å². The van der Waals surface area contributed by atoms with Crippen molar-refractivity contribution in [3.63, 3.8) is 0 Å². The van der Waals surface area contributed by atoms with Gasteiger partial charge in [-0.3, -0.25) is 14.4 Å². The molecular weight excluding hydrogens is 388 g/mol. The molecule has 3 atom stereocenters. The maximum Gasteiger partial charge on any atom is 0.413 e. The Balaban J connectivity index is 1.92. The van der Waals surface area contributed by atoms with Crippen molar-refractivity contribution in [3.8, 4) is 11.5 Å². The van der Waals surface area contributed by atoms with Crippen molar-refractivity contribution in [2.45, 2.75) is 38.6 Å². The van der Waals surface area contributed by atoms with Gasteiger partial charge in [0.1, 0.15) is 6.04 Å². The van der Waals surface area contributed by atoms with Crippen molar-refractivity contribution in [2.24, 2.45) is 5.73 Å². The maximum absolute atomic E-state index is 12.6. The second kappa shape index (κ2) is 9.24. The number of hydrogen-bond acceptors (Lipinski definition) is 9. The lowest BCUT2D eigenvalue weighted by Gasteiger charge is -2.25. The van der Waals surface area contributed by atoms with E-state index in [9.17, 15) is 19.2 Å². The van der Waals surface area contributed by atoms with Gasteiger partial charge in [0.2, 0.25) is 13.1 Å². The van der Waals surface area contributed by atoms with E-state index in [1.807, 2.05) is 0 Å². The smallest absolute Gasteiger partial charge is 0.413 e. The van der Waals surface area contributed by atoms with Gasteiger partial charge in [-0.15, -0.1) is 0 Å². The highest BCUT2D eigenvalue weighted by Crippen LogP contribution is 2.33. The van der Waals surface area contributed by atoms with E-state index in [4.69, 9.17) is 29.8 Å². The summed E-state index contributed by atoms with van der Waals surface area (Å²) >= 11 is 0. The van der Waals surface area contributed by atoms with Crippen LogP contribution in [0.2, 0.25) is 0 Å². The van der Waals surface area contributed by atoms with Gasteiger partial charge in [-0.25, -0.2) is 4.79 Å². The van der Waals surface area contributed by atoms with Crippen LogP contribution in [0.1, 0.15) is 30.6 Å². The van der Waals surface area contributed by atoms with E-state index in [2.05, 4.69) is 0 Å². The fraction of sp³-hybridized carbons (Fsp3) is 0.444. The van der Waals surface area contributed by atoms with E-state index >= 15 is 0 Å². The molecule has 1 aromatic carbocycles. The molecular formula is C18H22N2O9. The number of fused-ring (bicyclic) bond motifs is 1. The standard InChI is InChI=1S/C18H22N2O9/c1-9(16(23)11-4-5-13-14(6-11)27-8-26-13)20(3)18(25)29-10(2)28-17(24)12(19)7-15(21)22/h4-6,9-10,12H,7-8,19H2,1-3H3,(H,21,22). The first kappa shape index (κ1) is 22.0. The number of amides is 1. The van der Waals surface area contributed by atoms with Gasteiger partial charge < -0.3 is 34.7 Å². The van der Waals surface area contributed by atoms with Crippen LogP contribution in [0.25, 0.3) is 0 Å². The van der Waals surface area contributed by atoms with Crippen molar-refractivity contribution in [2.75, 3.05) is 13.8 Å². The third kappa shape index (κ3) is 5.57. The quantitative estimate of drug-likeness (QED) is 0.356. The molecule has 2 rings (SSSR count). The summed E-state index contributed by atoms with van der Waals surface area (Å²) < 4.78 is 20.2. The lowest BCUT2D eigenvalue weighted by Crippen LogP contribution is -2.43. The number of carbonyl (C=O) groups excluding carboxylic acids is 3. The zero-order valence-electron chi connectivity index (χ0n) is 16.1. The third-order valence-corrected chi connectivity index (χ3v) is 4.15. The SMILES string of the molecule is CC(OC(=O)C(N)CC(=O)O)OC(=O)N(C)C(C)C(=O)c1ccc2c(c1)OCO2. The van der Waals surface area contributed by atoms with Gasteiger partial charge in [0, 0.05) is 19.5 Å². The van der Waals surface area contributed by atoms with Crippen molar-refractivity contribution >= 4 is 23.8 Å². The number of hydrogen-bond donors (Lipinski definition) is 2. The Kier molecular flexibility index (Phi) is 6.99. The average Bonchev–Trinajstić information content (AvgIpc) is 3.13. The number of carboxylic acids is 1. The largest absolute Gasteiger partial charge is 0.481 e. The lowest BCUT2D eigenvalue weighted by atomic mass is 10.0. The van der Waals surface area contributed by atoms with Crippen LogP contribution in [0.3, 0.4) is 0 Å². The monoisotopic (exact) mass is 410 g/mol. The van der Waals surface area contributed by atoms with E-state index in [1.165, 1.54) is 27.0 Å². The summed E-state index contributed by atoms with van der Waals surface area (Å²) in [5.41, 5.74) is 5.70. The molecule has 3 unspecified atom stereocenters. The number of likely N-dealkylation sites (N-methyl/N-ethyl adjacent to an activating group) is 1. The first-order chi connectivity index (χ1) is 13.6. The topological polar surface area (TPSA) is 155 Å². The summed E-state index contributed by atoms with van der Waals surface area (Å²) in [5, 5.41) is 8.62. The molecule has 1 aliphatic rings. The minimum absolute atomic E-state index is 0.0709. The number of ketones is 1. The molecule has 1 amide bonds. The minimum atomic E-state index is -1.39. The normalized spacial score (nSPS) is 15.0. The first-order valence-electron chi connectivity index (χ1n) is 8.65. The van der Waals surface area contributed by atoms with E-state index in [0.717, 1.165) is 4.90 Å². The predicted molar refractivity (Wildman–Crippen MR) is 96.4 cm³/mol. The summed E-state index contributed by atoms with van der Waals surface area (Å²) in [4.78, 5) is 48.1. The molecule has 1 aliphatic heterocycles. The van der Waals surface area contributed by atoms with Gasteiger partial charge in [-0.05, 0) is 25.1 Å². The van der Waals surface area contributed by atoms with Crippen LogP contribution in [-0.2, 0) is 19.1 Å². The fourth-order valence-corrected chi connectivity index (χ4v) is 2.40. The molecule has 0 saturated carbocycles. The van der Waals surface area contributed by atoms with Crippen molar-refractivity contribution in [1.29, 1.82) is 0 Å². The molecule has 0 fully saturated rings. The molecule has 0 saturated heterocycles. The first-order valence-corrected chi connectivity index (χ1v) is 8.65. The number of carboxylic acid groups (broad SMARTS) is 1. The van der Waals surface area contributed by atoms with Gasteiger partial charge in [0.05, 0.1) is 12.5 Å². The summed E-state index contributed by atoms with van der Waals surface area (Å²) in [6.45, 7) is 2.84. The van der Waals surface area contributed by atoms with Gasteiger partial charge in [0.25, 0.3) is 0 Å². The Labute approximate surface area is 166 Å². The number of carbonyl (C=O) groups is 4. The molecule has 3 N–H and O–H groups in total. The minimum Gasteiger partial charge on any atom is -0.481 e. The zero-order chi connectivity index (χ0) is 21.7. The van der Waals surface area contributed by atoms with E-state index < -0.39 is 42.8 Å². The van der Waals surface area contributed by atoms with Crippen LogP contribution < -0.4 is 15.2 Å². The molecule has 0 spiro atoms. The van der Waals surface area contributed by atoms with Gasteiger partial charge in [0.15, 0.2) is 17.3 Å². The van der Waals surface area contributed by atoms with Crippen LogP contribution in [0.5, 0.6) is 11.5 Å². The summed E-state index contributed by atoms with van der Waals surface area (Å²) in [7, 11) is 1.35. The lowest BCUT2D eigenvalue weighted by molar-refractivity contribution is -0.169. The number of rotatable bonds is 8. The summed E-state index contributed by atoms with van der Waals surface area (Å²) in [6, 6.07) is 2.40. The van der Waals surface area contributed by atoms with Gasteiger partial charge >= 0.3 is 18.0 Å². The van der Waals surface area contributed by atoms with E-state index in [-0.39, 0.29) is 12.6 Å². The van der Waals surface area contributed by atoms with Crippen molar-refractivity contribution in [3.05, 3.63) is 23.8 Å². The Morgan fingerprint density at radius 2 is 1.83 bits per heavy atom. The Morgan fingerprint density at radius 1 is 1.17 bits per heavy atom. The summed E-state index contributed by atoms with van der Waals surface area (Å²) in [6.07, 6.45) is -2.87. The Morgan fingerprint density at radius 3 is 2.48 bits per heavy atom. The highest BCUT2D eigenvalue weighted by Gasteiger charge is 2.28. The molecule has 11 nitrogen and oxygen atoms in total. The molecule has 1 aromatic rings. The third-order valence-electron chi connectivity index (χ3n) is 4.15. The number of nitrogens with two attached hydrogens (primary N) is 1. The molecule has 1 heterocycles. The number of Topliss-reactive ketones (excluding diaryl/α,β-unsaturated/α-hetero) is 1. The van der Waals surface area contributed by atoms with E-state index in [1.54, 1.807) is 12.1 Å². The number of esters is 1. The molecule has 29 heavy (non-hydrogen) atoms. The average molecular weight is 410 g/mol. The van der Waals surface area contributed by atoms with Crippen LogP contribution in [0.15, 0.2) is 18.2 Å². The van der Waals surface area contributed by atoms with Crippen LogP contribution in [0, 0.1) is 0 Å². The Bertz CT molecular complexity index is 811. The highest BCUT2D eigenvalue weighted by molar-refractivity contribution is 6.01. The molecule has 0 aromatic heterocycles. The number of benzene rings is 1. The highest BCUT2D eigenvalue weighted by atomic mass is 16.7. The fourth-order valence-electron chi connectivity index (χ4n) is 2.40. The molecule has 11 heteroatoms. The molecule has 158 valence electrons. The van der Waals surface area contributed by atoms with E-state index in [0.29, 0.717) is 17.1 Å². The molecule has 0 aliphatic carbocycles. The second-order valence-electron chi connectivity index (χ2n) is 6.31. The molecule has 0 radical (unpaired) electrons. The van der Waals surface area contributed by atoms with Crippen molar-refractivity contribution < 1.29 is 43.2 Å². The number of ether oxygens (including phenoxy) is 4. The maximum atomic E-state index is 12.6. The Hall–Kier alpha value is -3.34. The molecule has 0 bridgehead atoms. The van der Waals surface area contributed by atoms with Crippen LogP contribution in [-0.4, -0.2) is 66.0 Å². The second-order valence-corrected chi connectivity index (χ2v) is 6.31. The van der Waals surface area contributed by atoms with Gasteiger partial charge in [-0.2, -0.15) is 0 Å². The predicted octanol–water partition coefficient (Wildman–Crippen LogP) is 0.746. The summed E-state index contributed by atoms with van der Waals surface area (Å²) in [5.74, 6) is -1.70.